The fourth-order valence-electron chi connectivity index (χ4n) is 1.95. The van der Waals surface area contributed by atoms with E-state index in [4.69, 9.17) is 0 Å². The van der Waals surface area contributed by atoms with E-state index in [-0.39, 0.29) is 13.0 Å². The Morgan fingerprint density at radius 2 is 2.16 bits per heavy atom. The molecule has 19 heavy (non-hydrogen) atoms. The number of aryl methyl sites for hydroxylation is 1. The number of hydrazine groups is 1. The van der Waals surface area contributed by atoms with Gasteiger partial charge in [-0.05, 0) is 19.1 Å². The minimum Gasteiger partial charge on any atom is -0.550 e. The fraction of sp³-hybridized carbons (Fsp3) is 0.308. The molecule has 2 rings (SSSR count). The Morgan fingerprint density at radius 3 is 2.74 bits per heavy atom. The first kappa shape index (κ1) is 13.1. The first-order chi connectivity index (χ1) is 8.97. The summed E-state index contributed by atoms with van der Waals surface area (Å²) in [5.74, 6) is -3.00. The van der Waals surface area contributed by atoms with Crippen molar-refractivity contribution in [3.8, 4) is 0 Å². The van der Waals surface area contributed by atoms with Crippen LogP contribution in [-0.4, -0.2) is 29.3 Å². The molecule has 1 atom stereocenters. The van der Waals surface area contributed by atoms with Crippen molar-refractivity contribution >= 4 is 17.8 Å². The van der Waals surface area contributed by atoms with Crippen LogP contribution in [0.15, 0.2) is 24.3 Å². The minimum atomic E-state index is -1.28. The maximum Gasteiger partial charge on any atom is 0.269 e. The van der Waals surface area contributed by atoms with Gasteiger partial charge in [-0.3, -0.25) is 20.0 Å². The number of hydrogen-bond acceptors (Lipinski definition) is 4. The smallest absolute Gasteiger partial charge is 0.269 e. The lowest BCUT2D eigenvalue weighted by Gasteiger charge is -2.18. The van der Waals surface area contributed by atoms with Crippen LogP contribution in [0.5, 0.6) is 0 Å². The van der Waals surface area contributed by atoms with Crippen molar-refractivity contribution in [1.82, 2.24) is 10.4 Å². The summed E-state index contributed by atoms with van der Waals surface area (Å²) < 4.78 is 0. The van der Waals surface area contributed by atoms with E-state index in [1.54, 1.807) is 18.2 Å². The molecule has 1 heterocycles. The quantitative estimate of drug-likeness (QED) is 0.774. The Bertz CT molecular complexity index is 541. The number of aliphatic carboxylic acids is 1. The van der Waals surface area contributed by atoms with Crippen LogP contribution in [0.25, 0.3) is 0 Å². The van der Waals surface area contributed by atoms with E-state index in [0.717, 1.165) is 10.6 Å². The zero-order valence-corrected chi connectivity index (χ0v) is 10.4. The Hall–Kier alpha value is -2.37. The molecule has 2 amide bonds. The number of carbonyl (C=O) groups is 3. The van der Waals surface area contributed by atoms with Gasteiger partial charge in [0.2, 0.25) is 5.91 Å². The molecular formula is C13H13N2O4-. The zero-order valence-electron chi connectivity index (χ0n) is 10.4. The van der Waals surface area contributed by atoms with Gasteiger partial charge >= 0.3 is 0 Å². The van der Waals surface area contributed by atoms with Crippen LogP contribution in [0.2, 0.25) is 0 Å². The van der Waals surface area contributed by atoms with E-state index in [1.807, 2.05) is 13.0 Å². The summed E-state index contributed by atoms with van der Waals surface area (Å²) in [5, 5.41) is 11.7. The molecule has 0 spiro atoms. The number of carboxylic acids is 1. The van der Waals surface area contributed by atoms with E-state index in [0.29, 0.717) is 5.56 Å². The van der Waals surface area contributed by atoms with Crippen LogP contribution in [0.4, 0.5) is 0 Å². The third-order valence-corrected chi connectivity index (χ3v) is 2.98. The fourth-order valence-corrected chi connectivity index (χ4v) is 1.95. The number of amides is 2. The maximum atomic E-state index is 11.9. The SMILES string of the molecule is Cc1cccc(C(=O)NN2C[C@@H](C(=O)[O-])CC2=O)c1. The Labute approximate surface area is 110 Å². The van der Waals surface area contributed by atoms with Crippen molar-refractivity contribution in [2.75, 3.05) is 6.54 Å². The van der Waals surface area contributed by atoms with Gasteiger partial charge in [0.1, 0.15) is 0 Å². The molecule has 0 saturated carbocycles. The summed E-state index contributed by atoms with van der Waals surface area (Å²) in [4.78, 5) is 34.1. The number of benzene rings is 1. The molecule has 1 aromatic rings. The van der Waals surface area contributed by atoms with Gasteiger partial charge in [0.15, 0.2) is 0 Å². The molecule has 0 unspecified atom stereocenters. The minimum absolute atomic E-state index is 0.0568. The van der Waals surface area contributed by atoms with Gasteiger partial charge in [-0.25, -0.2) is 0 Å². The van der Waals surface area contributed by atoms with Crippen LogP contribution in [0, 0.1) is 12.8 Å². The van der Waals surface area contributed by atoms with Crippen LogP contribution in [-0.2, 0) is 9.59 Å². The summed E-state index contributed by atoms with van der Waals surface area (Å²) in [6, 6.07) is 6.90. The molecule has 1 saturated heterocycles. The molecule has 6 heteroatoms. The molecule has 0 aliphatic carbocycles. The topological polar surface area (TPSA) is 89.5 Å². The summed E-state index contributed by atoms with van der Waals surface area (Å²) >= 11 is 0. The van der Waals surface area contributed by atoms with E-state index in [1.165, 1.54) is 0 Å². The molecule has 0 radical (unpaired) electrons. The summed E-state index contributed by atoms with van der Waals surface area (Å²) in [6.45, 7) is 1.79. The van der Waals surface area contributed by atoms with Gasteiger partial charge in [0.05, 0.1) is 6.54 Å². The average molecular weight is 261 g/mol. The monoisotopic (exact) mass is 261 g/mol. The second-order valence-corrected chi connectivity index (χ2v) is 4.53. The lowest BCUT2D eigenvalue weighted by molar-refractivity contribution is -0.311. The van der Waals surface area contributed by atoms with Crippen molar-refractivity contribution in [3.05, 3.63) is 35.4 Å². The van der Waals surface area contributed by atoms with Gasteiger partial charge in [-0.2, -0.15) is 0 Å². The van der Waals surface area contributed by atoms with Gasteiger partial charge in [-0.15, -0.1) is 0 Å². The van der Waals surface area contributed by atoms with Gasteiger partial charge in [0.25, 0.3) is 5.91 Å². The number of carbonyl (C=O) groups excluding carboxylic acids is 3. The molecule has 1 aromatic carbocycles. The van der Waals surface area contributed by atoms with Gasteiger partial charge in [0, 0.05) is 23.9 Å². The van der Waals surface area contributed by atoms with Crippen LogP contribution in [0.3, 0.4) is 0 Å². The highest BCUT2D eigenvalue weighted by molar-refractivity contribution is 5.96. The van der Waals surface area contributed by atoms with Gasteiger partial charge < -0.3 is 9.90 Å². The third kappa shape index (κ3) is 2.90. The molecule has 1 aliphatic heterocycles. The molecule has 0 bridgehead atoms. The van der Waals surface area contributed by atoms with Gasteiger partial charge in [-0.1, -0.05) is 17.7 Å². The molecular weight excluding hydrogens is 248 g/mol. The molecule has 100 valence electrons. The standard InChI is InChI=1S/C13H14N2O4/c1-8-3-2-4-9(5-8)12(17)14-15-7-10(13(18)19)6-11(15)16/h2-5,10H,6-7H2,1H3,(H,14,17)(H,18,19)/p-1/t10-/m0/s1. The Balaban J connectivity index is 2.04. The second kappa shape index (κ2) is 5.09. The highest BCUT2D eigenvalue weighted by atomic mass is 16.4. The highest BCUT2D eigenvalue weighted by Gasteiger charge is 2.31. The summed E-state index contributed by atoms with van der Waals surface area (Å²) in [5.41, 5.74) is 3.76. The highest BCUT2D eigenvalue weighted by Crippen LogP contribution is 2.15. The summed E-state index contributed by atoms with van der Waals surface area (Å²) in [6.07, 6.45) is -0.142. The predicted octanol–water partition coefficient (Wildman–Crippen LogP) is -0.762. The largest absolute Gasteiger partial charge is 0.550 e. The van der Waals surface area contributed by atoms with Crippen molar-refractivity contribution in [1.29, 1.82) is 0 Å². The van der Waals surface area contributed by atoms with E-state index in [2.05, 4.69) is 5.43 Å². The van der Waals surface area contributed by atoms with E-state index in [9.17, 15) is 19.5 Å². The maximum absolute atomic E-state index is 11.9. The lowest BCUT2D eigenvalue weighted by atomic mass is 10.1. The number of nitrogens with one attached hydrogen (secondary N) is 1. The number of nitrogens with zero attached hydrogens (tertiary/aromatic N) is 1. The average Bonchev–Trinajstić information content (AvgIpc) is 2.71. The first-order valence-corrected chi connectivity index (χ1v) is 5.86. The molecule has 1 aliphatic rings. The molecule has 6 nitrogen and oxygen atoms in total. The van der Waals surface area contributed by atoms with E-state index < -0.39 is 23.7 Å². The van der Waals surface area contributed by atoms with Crippen LogP contribution in [0.1, 0.15) is 22.3 Å². The van der Waals surface area contributed by atoms with Crippen molar-refractivity contribution in [2.24, 2.45) is 5.92 Å². The van der Waals surface area contributed by atoms with E-state index >= 15 is 0 Å². The molecule has 0 aromatic heterocycles. The summed E-state index contributed by atoms with van der Waals surface area (Å²) in [7, 11) is 0. The van der Waals surface area contributed by atoms with Crippen molar-refractivity contribution in [3.63, 3.8) is 0 Å². The zero-order chi connectivity index (χ0) is 14.0. The lowest BCUT2D eigenvalue weighted by Crippen LogP contribution is -2.44. The molecule has 1 fully saturated rings. The second-order valence-electron chi connectivity index (χ2n) is 4.53. The number of rotatable bonds is 3. The normalized spacial score (nSPS) is 18.5. The Kier molecular flexibility index (Phi) is 3.50. The predicted molar refractivity (Wildman–Crippen MR) is 63.5 cm³/mol. The van der Waals surface area contributed by atoms with Crippen molar-refractivity contribution < 1.29 is 19.5 Å². The van der Waals surface area contributed by atoms with Crippen LogP contribution >= 0.6 is 0 Å². The number of carboxylic acid groups (broad SMARTS) is 1. The van der Waals surface area contributed by atoms with Crippen molar-refractivity contribution in [2.45, 2.75) is 13.3 Å². The number of hydrogen-bond donors (Lipinski definition) is 1. The first-order valence-electron chi connectivity index (χ1n) is 5.86. The molecule has 1 N–H and O–H groups in total. The Morgan fingerprint density at radius 1 is 1.42 bits per heavy atom. The third-order valence-electron chi connectivity index (χ3n) is 2.98. The van der Waals surface area contributed by atoms with Crippen LogP contribution < -0.4 is 10.5 Å².